The molecule has 0 saturated heterocycles. The highest BCUT2D eigenvalue weighted by Gasteiger charge is 2.23. The average Bonchev–Trinajstić information content (AvgIpc) is 1.85. The molecule has 1 atom stereocenters. The van der Waals surface area contributed by atoms with Crippen molar-refractivity contribution in [2.45, 2.75) is 45.6 Å². The Labute approximate surface area is 73.7 Å². The standard InChI is InChI=1S/C9H18O3/c1-4-6-9(3,11)7-8(10)12-5-2/h11H,4-7H2,1-3H3. The maximum atomic E-state index is 11.0. The van der Waals surface area contributed by atoms with Crippen LogP contribution in [0.25, 0.3) is 0 Å². The summed E-state index contributed by atoms with van der Waals surface area (Å²) in [5.74, 6) is -0.323. The van der Waals surface area contributed by atoms with E-state index >= 15 is 0 Å². The molecule has 0 aliphatic carbocycles. The van der Waals surface area contributed by atoms with Crippen LogP contribution in [0.5, 0.6) is 0 Å². The summed E-state index contributed by atoms with van der Waals surface area (Å²) in [5, 5.41) is 9.61. The highest BCUT2D eigenvalue weighted by molar-refractivity contribution is 5.70. The Morgan fingerprint density at radius 2 is 2.08 bits per heavy atom. The molecule has 0 aliphatic heterocycles. The first-order valence-electron chi connectivity index (χ1n) is 4.40. The summed E-state index contributed by atoms with van der Waals surface area (Å²) < 4.78 is 4.73. The lowest BCUT2D eigenvalue weighted by Gasteiger charge is -2.20. The molecule has 72 valence electrons. The van der Waals surface area contributed by atoms with Crippen LogP contribution in [0.2, 0.25) is 0 Å². The Bertz CT molecular complexity index is 141. The van der Waals surface area contributed by atoms with Gasteiger partial charge in [0.05, 0.1) is 18.6 Å². The molecule has 12 heavy (non-hydrogen) atoms. The fraction of sp³-hybridized carbons (Fsp3) is 0.889. The Kier molecular flexibility index (Phi) is 4.90. The monoisotopic (exact) mass is 174 g/mol. The molecule has 0 heterocycles. The van der Waals surface area contributed by atoms with Gasteiger partial charge in [0, 0.05) is 0 Å². The van der Waals surface area contributed by atoms with E-state index in [1.165, 1.54) is 0 Å². The maximum Gasteiger partial charge on any atom is 0.308 e. The molecule has 0 rings (SSSR count). The second-order valence-corrected chi connectivity index (χ2v) is 3.23. The van der Waals surface area contributed by atoms with Crippen molar-refractivity contribution >= 4 is 5.97 Å². The molecule has 0 fully saturated rings. The summed E-state index contributed by atoms with van der Waals surface area (Å²) in [6, 6.07) is 0. The molecule has 0 saturated carbocycles. The molecular formula is C9H18O3. The molecule has 0 aromatic heterocycles. The van der Waals surface area contributed by atoms with Crippen LogP contribution in [0.15, 0.2) is 0 Å². The Hall–Kier alpha value is -0.570. The van der Waals surface area contributed by atoms with Crippen molar-refractivity contribution in [1.29, 1.82) is 0 Å². The van der Waals surface area contributed by atoms with E-state index in [4.69, 9.17) is 4.74 Å². The lowest BCUT2D eigenvalue weighted by Crippen LogP contribution is -2.28. The largest absolute Gasteiger partial charge is 0.466 e. The van der Waals surface area contributed by atoms with Crippen molar-refractivity contribution in [1.82, 2.24) is 0 Å². The van der Waals surface area contributed by atoms with Gasteiger partial charge >= 0.3 is 5.97 Å². The van der Waals surface area contributed by atoms with E-state index in [1.54, 1.807) is 13.8 Å². The second-order valence-electron chi connectivity index (χ2n) is 3.23. The number of rotatable bonds is 5. The van der Waals surface area contributed by atoms with Crippen LogP contribution in [-0.2, 0) is 9.53 Å². The van der Waals surface area contributed by atoms with Gasteiger partial charge in [-0.1, -0.05) is 13.3 Å². The summed E-state index contributed by atoms with van der Waals surface area (Å²) in [4.78, 5) is 11.0. The van der Waals surface area contributed by atoms with Crippen LogP contribution >= 0.6 is 0 Å². The molecule has 0 aliphatic rings. The highest BCUT2D eigenvalue weighted by Crippen LogP contribution is 2.16. The zero-order valence-corrected chi connectivity index (χ0v) is 8.09. The third-order valence-electron chi connectivity index (χ3n) is 1.62. The van der Waals surface area contributed by atoms with Crippen molar-refractivity contribution < 1.29 is 14.6 Å². The van der Waals surface area contributed by atoms with Crippen LogP contribution < -0.4 is 0 Å². The minimum Gasteiger partial charge on any atom is -0.466 e. The predicted molar refractivity (Wildman–Crippen MR) is 46.8 cm³/mol. The quantitative estimate of drug-likeness (QED) is 0.642. The number of ether oxygens (including phenoxy) is 1. The number of carbonyl (C=O) groups excluding carboxylic acids is 1. The molecule has 3 nitrogen and oxygen atoms in total. The number of hydrogen-bond acceptors (Lipinski definition) is 3. The van der Waals surface area contributed by atoms with Gasteiger partial charge in [-0.3, -0.25) is 4.79 Å². The summed E-state index contributed by atoms with van der Waals surface area (Å²) >= 11 is 0. The third kappa shape index (κ3) is 5.13. The van der Waals surface area contributed by atoms with Crippen molar-refractivity contribution in [3.05, 3.63) is 0 Å². The van der Waals surface area contributed by atoms with E-state index < -0.39 is 5.60 Å². The normalized spacial score (nSPS) is 15.3. The van der Waals surface area contributed by atoms with Gasteiger partial charge in [-0.2, -0.15) is 0 Å². The highest BCUT2D eigenvalue weighted by atomic mass is 16.5. The summed E-state index contributed by atoms with van der Waals surface area (Å²) in [6.07, 6.45) is 1.59. The van der Waals surface area contributed by atoms with Crippen molar-refractivity contribution in [2.24, 2.45) is 0 Å². The van der Waals surface area contributed by atoms with Gasteiger partial charge in [0.1, 0.15) is 0 Å². The fourth-order valence-electron chi connectivity index (χ4n) is 1.15. The van der Waals surface area contributed by atoms with E-state index in [0.717, 1.165) is 6.42 Å². The second kappa shape index (κ2) is 5.14. The van der Waals surface area contributed by atoms with Crippen molar-refractivity contribution in [2.75, 3.05) is 6.61 Å². The Morgan fingerprint density at radius 1 is 1.50 bits per heavy atom. The maximum absolute atomic E-state index is 11.0. The first kappa shape index (κ1) is 11.4. The fourth-order valence-corrected chi connectivity index (χ4v) is 1.15. The average molecular weight is 174 g/mol. The van der Waals surface area contributed by atoms with Crippen LogP contribution in [0.3, 0.4) is 0 Å². The van der Waals surface area contributed by atoms with E-state index in [2.05, 4.69) is 0 Å². The topological polar surface area (TPSA) is 46.5 Å². The molecule has 1 unspecified atom stereocenters. The number of aliphatic hydroxyl groups is 1. The van der Waals surface area contributed by atoms with Gasteiger partial charge in [-0.25, -0.2) is 0 Å². The van der Waals surface area contributed by atoms with Gasteiger partial charge < -0.3 is 9.84 Å². The lowest BCUT2D eigenvalue weighted by molar-refractivity contribution is -0.148. The van der Waals surface area contributed by atoms with E-state index in [9.17, 15) is 9.90 Å². The smallest absolute Gasteiger partial charge is 0.308 e. The van der Waals surface area contributed by atoms with Crippen LogP contribution in [0.4, 0.5) is 0 Å². The Morgan fingerprint density at radius 3 is 2.50 bits per heavy atom. The molecule has 0 spiro atoms. The number of carbonyl (C=O) groups is 1. The van der Waals surface area contributed by atoms with Crippen LogP contribution in [0.1, 0.15) is 40.0 Å². The number of hydrogen-bond donors (Lipinski definition) is 1. The SMILES string of the molecule is CCCC(C)(O)CC(=O)OCC. The molecule has 0 bridgehead atoms. The molecule has 0 radical (unpaired) electrons. The van der Waals surface area contributed by atoms with Crippen molar-refractivity contribution in [3.63, 3.8) is 0 Å². The predicted octanol–water partition coefficient (Wildman–Crippen LogP) is 1.49. The molecule has 3 heteroatoms. The van der Waals surface area contributed by atoms with Gasteiger partial charge in [0.15, 0.2) is 0 Å². The van der Waals surface area contributed by atoms with Crippen LogP contribution in [-0.4, -0.2) is 23.3 Å². The summed E-state index contributed by atoms with van der Waals surface area (Å²) in [6.45, 7) is 5.76. The zero-order chi connectivity index (χ0) is 9.61. The van der Waals surface area contributed by atoms with Gasteiger partial charge in [0.2, 0.25) is 0 Å². The van der Waals surface area contributed by atoms with E-state index in [-0.39, 0.29) is 12.4 Å². The molecule has 0 aromatic carbocycles. The zero-order valence-electron chi connectivity index (χ0n) is 8.09. The minimum absolute atomic E-state index is 0.0919. The molecule has 0 amide bonds. The third-order valence-corrected chi connectivity index (χ3v) is 1.62. The van der Waals surface area contributed by atoms with Crippen LogP contribution in [0, 0.1) is 0 Å². The first-order chi connectivity index (χ1) is 5.52. The molecule has 0 aromatic rings. The van der Waals surface area contributed by atoms with Gasteiger partial charge in [0.25, 0.3) is 0 Å². The van der Waals surface area contributed by atoms with Crippen molar-refractivity contribution in [3.8, 4) is 0 Å². The molecule has 1 N–H and O–H groups in total. The van der Waals surface area contributed by atoms with Gasteiger partial charge in [-0.05, 0) is 20.3 Å². The van der Waals surface area contributed by atoms with E-state index in [1.807, 2.05) is 6.92 Å². The molecular weight excluding hydrogens is 156 g/mol. The minimum atomic E-state index is -0.902. The summed E-state index contributed by atoms with van der Waals surface area (Å²) in [7, 11) is 0. The first-order valence-corrected chi connectivity index (χ1v) is 4.40. The number of esters is 1. The Balaban J connectivity index is 3.79. The van der Waals surface area contributed by atoms with Gasteiger partial charge in [-0.15, -0.1) is 0 Å². The summed E-state index contributed by atoms with van der Waals surface area (Å²) in [5.41, 5.74) is -0.902. The lowest BCUT2D eigenvalue weighted by atomic mass is 9.97. The van der Waals surface area contributed by atoms with E-state index in [0.29, 0.717) is 13.0 Å².